The zero-order valence-electron chi connectivity index (χ0n) is 18.0. The Kier molecular flexibility index (Phi) is 8.41. The molecule has 2 N–H and O–H groups in total. The Labute approximate surface area is 197 Å². The van der Waals surface area contributed by atoms with Crippen molar-refractivity contribution in [2.45, 2.75) is 30.9 Å². The maximum absolute atomic E-state index is 13.6. The van der Waals surface area contributed by atoms with Gasteiger partial charge in [0.2, 0.25) is 10.0 Å². The highest BCUT2D eigenvalue weighted by atomic mass is 35.5. The van der Waals surface area contributed by atoms with Gasteiger partial charge < -0.3 is 15.4 Å². The molecule has 2 amide bonds. The molecule has 11 heteroatoms. The van der Waals surface area contributed by atoms with E-state index < -0.39 is 33.9 Å². The van der Waals surface area contributed by atoms with Crippen molar-refractivity contribution in [3.8, 4) is 0 Å². The molecule has 33 heavy (non-hydrogen) atoms. The highest BCUT2D eigenvalue weighted by Gasteiger charge is 2.35. The van der Waals surface area contributed by atoms with E-state index in [1.54, 1.807) is 12.1 Å². The van der Waals surface area contributed by atoms with Crippen molar-refractivity contribution in [3.05, 3.63) is 64.4 Å². The van der Waals surface area contributed by atoms with Crippen LogP contribution in [0.5, 0.6) is 0 Å². The molecular weight excluding hydrogens is 473 g/mol. The molecule has 8 nitrogen and oxygen atoms in total. The van der Waals surface area contributed by atoms with Crippen LogP contribution in [0.3, 0.4) is 0 Å². The Balaban J connectivity index is 1.55. The van der Waals surface area contributed by atoms with E-state index in [2.05, 4.69) is 10.6 Å². The molecule has 0 aromatic heterocycles. The zero-order chi connectivity index (χ0) is 24.0. The van der Waals surface area contributed by atoms with E-state index in [9.17, 15) is 22.4 Å². The van der Waals surface area contributed by atoms with Crippen molar-refractivity contribution in [3.63, 3.8) is 0 Å². The summed E-state index contributed by atoms with van der Waals surface area (Å²) in [6.45, 7) is 2.00. The second kappa shape index (κ2) is 11.1. The lowest BCUT2D eigenvalue weighted by atomic mass is 10.1. The summed E-state index contributed by atoms with van der Waals surface area (Å²) in [5.74, 6) is -2.23. The van der Waals surface area contributed by atoms with Crippen LogP contribution in [0.15, 0.2) is 47.4 Å². The third-order valence-corrected chi connectivity index (χ3v) is 7.28. The lowest BCUT2D eigenvalue weighted by molar-refractivity contribution is -0.140. The smallest absolute Gasteiger partial charge is 0.309 e. The maximum Gasteiger partial charge on any atom is 0.309 e. The number of hydrogen-bond acceptors (Lipinski definition) is 5. The van der Waals surface area contributed by atoms with Crippen LogP contribution in [0.4, 0.5) is 4.39 Å². The Morgan fingerprint density at radius 2 is 1.85 bits per heavy atom. The number of benzene rings is 2. The summed E-state index contributed by atoms with van der Waals surface area (Å²) in [6.07, 6.45) is 0.00000186. The third kappa shape index (κ3) is 6.50. The van der Waals surface area contributed by atoms with E-state index >= 15 is 0 Å². The number of amides is 2. The molecule has 1 heterocycles. The molecule has 0 spiro atoms. The van der Waals surface area contributed by atoms with Gasteiger partial charge in [0.1, 0.15) is 12.0 Å². The Morgan fingerprint density at radius 3 is 2.55 bits per heavy atom. The number of aryl methyl sites for hydroxylation is 1. The van der Waals surface area contributed by atoms with E-state index in [-0.39, 0.29) is 30.1 Å². The summed E-state index contributed by atoms with van der Waals surface area (Å²) < 4.78 is 46.3. The Bertz CT molecular complexity index is 1110. The number of sulfonamides is 1. The van der Waals surface area contributed by atoms with Gasteiger partial charge in [0.05, 0.1) is 18.0 Å². The second-order valence-corrected chi connectivity index (χ2v) is 9.88. The topological polar surface area (TPSA) is 105 Å². The fourth-order valence-electron chi connectivity index (χ4n) is 3.33. The Morgan fingerprint density at radius 1 is 1.15 bits per heavy atom. The van der Waals surface area contributed by atoms with Crippen molar-refractivity contribution in [1.82, 2.24) is 14.9 Å². The van der Waals surface area contributed by atoms with Gasteiger partial charge in [-0.1, -0.05) is 23.7 Å². The normalized spacial score (nSPS) is 16.9. The molecule has 1 fully saturated rings. The fourth-order valence-corrected chi connectivity index (χ4v) is 5.10. The summed E-state index contributed by atoms with van der Waals surface area (Å²) >= 11 is 5.83. The minimum Gasteiger partial charge on any atom is -0.360 e. The molecule has 2 aromatic carbocycles. The molecule has 178 valence electrons. The largest absolute Gasteiger partial charge is 0.360 e. The van der Waals surface area contributed by atoms with Crippen LogP contribution >= 0.6 is 11.6 Å². The number of nitrogens with zero attached hydrogens (tertiary/aromatic N) is 1. The summed E-state index contributed by atoms with van der Waals surface area (Å²) in [6, 6.07) is 10.7. The molecule has 0 radical (unpaired) electrons. The zero-order valence-corrected chi connectivity index (χ0v) is 19.6. The number of carbonyl (C=O) groups is 2. The van der Waals surface area contributed by atoms with E-state index in [0.29, 0.717) is 24.5 Å². The van der Waals surface area contributed by atoms with E-state index in [1.165, 1.54) is 19.1 Å². The van der Waals surface area contributed by atoms with Crippen LogP contribution in [0.25, 0.3) is 0 Å². The van der Waals surface area contributed by atoms with Gasteiger partial charge >= 0.3 is 11.8 Å². The van der Waals surface area contributed by atoms with E-state index in [1.807, 2.05) is 12.1 Å². The van der Waals surface area contributed by atoms with Gasteiger partial charge in [0.15, 0.2) is 0 Å². The predicted molar refractivity (Wildman–Crippen MR) is 121 cm³/mol. The lowest BCUT2D eigenvalue weighted by Gasteiger charge is -2.34. The predicted octanol–water partition coefficient (Wildman–Crippen LogP) is 2.00. The SMILES string of the molecule is Cc1cc(S(=O)(=O)N2CCCO[C@H]2CNC(=O)C(=O)NCCc2ccc(Cl)cc2)ccc1F. The fraction of sp³-hybridized carbons (Fsp3) is 0.364. The highest BCUT2D eigenvalue weighted by Crippen LogP contribution is 2.23. The molecule has 1 aliphatic heterocycles. The summed E-state index contributed by atoms with van der Waals surface area (Å²) in [5.41, 5.74) is 1.15. The third-order valence-electron chi connectivity index (χ3n) is 5.15. The van der Waals surface area contributed by atoms with Crippen LogP contribution in [0.1, 0.15) is 17.5 Å². The molecule has 0 aliphatic carbocycles. The van der Waals surface area contributed by atoms with Gasteiger partial charge in [-0.15, -0.1) is 0 Å². The number of nitrogens with one attached hydrogen (secondary N) is 2. The van der Waals surface area contributed by atoms with Gasteiger partial charge in [0, 0.05) is 18.1 Å². The molecule has 1 aliphatic rings. The van der Waals surface area contributed by atoms with Crippen LogP contribution in [0.2, 0.25) is 5.02 Å². The molecule has 0 saturated carbocycles. The number of rotatable bonds is 7. The quantitative estimate of drug-likeness (QED) is 0.569. The van der Waals surface area contributed by atoms with E-state index in [0.717, 1.165) is 15.9 Å². The van der Waals surface area contributed by atoms with Gasteiger partial charge in [-0.2, -0.15) is 4.31 Å². The molecule has 2 aromatic rings. The van der Waals surface area contributed by atoms with Crippen LogP contribution in [-0.4, -0.2) is 57.0 Å². The first-order valence-corrected chi connectivity index (χ1v) is 12.2. The van der Waals surface area contributed by atoms with Crippen molar-refractivity contribution in [2.24, 2.45) is 0 Å². The summed E-state index contributed by atoms with van der Waals surface area (Å²) in [7, 11) is -3.99. The van der Waals surface area contributed by atoms with Crippen LogP contribution < -0.4 is 10.6 Å². The van der Waals surface area contributed by atoms with Crippen molar-refractivity contribution >= 4 is 33.4 Å². The number of hydrogen-bond donors (Lipinski definition) is 2. The second-order valence-electron chi connectivity index (χ2n) is 7.55. The molecule has 0 unspecified atom stereocenters. The Hall–Kier alpha value is -2.53. The average Bonchev–Trinajstić information content (AvgIpc) is 2.80. The average molecular weight is 498 g/mol. The van der Waals surface area contributed by atoms with Crippen LogP contribution in [0, 0.1) is 12.7 Å². The molecule has 1 saturated heterocycles. The summed E-state index contributed by atoms with van der Waals surface area (Å²) in [4.78, 5) is 24.2. The standard InChI is InChI=1S/C22H25ClFN3O5S/c1-15-13-18(7-8-19(15)24)33(30,31)27-11-2-12-32-20(27)14-26-22(29)21(28)25-10-9-16-3-5-17(23)6-4-16/h3-8,13,20H,2,9-12,14H2,1H3,(H,25,28)(H,26,29)/t20-/m0/s1. The monoisotopic (exact) mass is 497 g/mol. The first-order chi connectivity index (χ1) is 15.7. The first kappa shape index (κ1) is 25.1. The van der Waals surface area contributed by atoms with Crippen molar-refractivity contribution in [1.29, 1.82) is 0 Å². The summed E-state index contributed by atoms with van der Waals surface area (Å²) in [5, 5.41) is 5.55. The van der Waals surface area contributed by atoms with Gasteiger partial charge in [-0.3, -0.25) is 9.59 Å². The lowest BCUT2D eigenvalue weighted by Crippen LogP contribution is -2.53. The van der Waals surface area contributed by atoms with Gasteiger partial charge in [-0.05, 0) is 61.2 Å². The molecule has 3 rings (SSSR count). The molecule has 1 atom stereocenters. The number of carbonyl (C=O) groups excluding carboxylic acids is 2. The first-order valence-electron chi connectivity index (χ1n) is 10.4. The molecular formula is C22H25ClFN3O5S. The van der Waals surface area contributed by atoms with Crippen molar-refractivity contribution < 1.29 is 27.1 Å². The van der Waals surface area contributed by atoms with Crippen molar-refractivity contribution in [2.75, 3.05) is 26.2 Å². The minimum absolute atomic E-state index is 0.0665. The van der Waals surface area contributed by atoms with Crippen LogP contribution in [-0.2, 0) is 30.8 Å². The number of halogens is 2. The van der Waals surface area contributed by atoms with Gasteiger partial charge in [-0.25, -0.2) is 12.8 Å². The maximum atomic E-state index is 13.6. The minimum atomic E-state index is -3.99. The number of ether oxygens (including phenoxy) is 1. The van der Waals surface area contributed by atoms with Gasteiger partial charge in [0.25, 0.3) is 0 Å². The van der Waals surface area contributed by atoms with E-state index in [4.69, 9.17) is 16.3 Å². The highest BCUT2D eigenvalue weighted by molar-refractivity contribution is 7.89. The molecule has 0 bridgehead atoms.